The van der Waals surface area contributed by atoms with Crippen molar-refractivity contribution in [2.45, 2.75) is 13.8 Å². The fourth-order valence-corrected chi connectivity index (χ4v) is 4.13. The van der Waals surface area contributed by atoms with Gasteiger partial charge in [0.15, 0.2) is 5.75 Å². The molecule has 0 saturated heterocycles. The third kappa shape index (κ3) is 4.83. The van der Waals surface area contributed by atoms with Crippen molar-refractivity contribution in [3.63, 3.8) is 0 Å². The van der Waals surface area contributed by atoms with E-state index in [0.29, 0.717) is 41.1 Å². The zero-order chi connectivity index (χ0) is 26.1. The van der Waals surface area contributed by atoms with E-state index in [9.17, 15) is 14.4 Å². The maximum absolute atomic E-state index is 12.9. The number of ether oxygens (including phenoxy) is 1. The number of rotatable bonds is 7. The van der Waals surface area contributed by atoms with E-state index in [1.807, 2.05) is 51.0 Å². The third-order valence-corrected chi connectivity index (χ3v) is 6.16. The Hall–Kier alpha value is -4.11. The summed E-state index contributed by atoms with van der Waals surface area (Å²) in [5.74, 6) is 0.859. The lowest BCUT2D eigenvalue weighted by atomic mass is 10.0. The highest BCUT2D eigenvalue weighted by atomic mass is 16.5. The number of aromatic amines is 1. The molecule has 3 heterocycles. The van der Waals surface area contributed by atoms with Gasteiger partial charge >= 0.3 is 0 Å². The van der Waals surface area contributed by atoms with Gasteiger partial charge in [0, 0.05) is 56.0 Å². The minimum absolute atomic E-state index is 0.224. The van der Waals surface area contributed by atoms with Crippen LogP contribution in [-0.2, 0) is 14.1 Å². The Bertz CT molecular complexity index is 1560. The number of amides is 1. The second-order valence-corrected chi connectivity index (χ2v) is 9.31. The average Bonchev–Trinajstić information content (AvgIpc) is 3.27. The standard InChI is InChI=1S/C27H31N5O4/c1-16-8-7-9-17(2)25(16)36-22-15-31(5)23(33)13-18(22)20-14-32(6)27(35)24-19(20)12-21(29-24)26(34)28-10-11-30(3)4/h7-9,12-15,29H,10-11H2,1-6H3,(H,28,34). The number of hydrogen-bond acceptors (Lipinski definition) is 5. The van der Waals surface area contributed by atoms with Gasteiger partial charge in [0.05, 0.1) is 6.20 Å². The maximum atomic E-state index is 12.9. The SMILES string of the molecule is Cc1cccc(C)c1Oc1cn(C)c(=O)cc1-c1cn(C)c(=O)c2[nH]c(C(=O)NCCN(C)C)cc12. The van der Waals surface area contributed by atoms with Gasteiger partial charge in [-0.05, 0) is 45.1 Å². The van der Waals surface area contributed by atoms with Gasteiger partial charge in [-0.15, -0.1) is 0 Å². The normalized spacial score (nSPS) is 11.3. The van der Waals surface area contributed by atoms with Crippen LogP contribution in [-0.4, -0.2) is 52.1 Å². The molecule has 0 spiro atoms. The number of benzene rings is 1. The second kappa shape index (κ2) is 9.87. The molecule has 188 valence electrons. The number of nitrogens with one attached hydrogen (secondary N) is 2. The zero-order valence-electron chi connectivity index (χ0n) is 21.4. The molecule has 36 heavy (non-hydrogen) atoms. The number of likely N-dealkylation sites (N-methyl/N-ethyl adjacent to an activating group) is 1. The number of hydrogen-bond donors (Lipinski definition) is 2. The smallest absolute Gasteiger partial charge is 0.274 e. The van der Waals surface area contributed by atoms with E-state index in [2.05, 4.69) is 10.3 Å². The maximum Gasteiger partial charge on any atom is 0.274 e. The van der Waals surface area contributed by atoms with Gasteiger partial charge in [0.2, 0.25) is 0 Å². The molecular formula is C27H31N5O4. The molecule has 9 nitrogen and oxygen atoms in total. The van der Waals surface area contributed by atoms with Crippen molar-refractivity contribution in [2.75, 3.05) is 27.2 Å². The minimum Gasteiger partial charge on any atom is -0.455 e. The molecule has 0 radical (unpaired) electrons. The molecule has 0 fully saturated rings. The molecule has 3 aromatic heterocycles. The van der Waals surface area contributed by atoms with Crippen LogP contribution in [0.3, 0.4) is 0 Å². The highest BCUT2D eigenvalue weighted by Crippen LogP contribution is 2.37. The van der Waals surface area contributed by atoms with Crippen molar-refractivity contribution in [2.24, 2.45) is 14.1 Å². The van der Waals surface area contributed by atoms with Crippen LogP contribution in [0.2, 0.25) is 0 Å². The first-order chi connectivity index (χ1) is 17.1. The first kappa shape index (κ1) is 25.0. The van der Waals surface area contributed by atoms with Crippen LogP contribution >= 0.6 is 0 Å². The molecule has 0 aliphatic carbocycles. The average molecular weight is 490 g/mol. The molecule has 0 aliphatic heterocycles. The highest BCUT2D eigenvalue weighted by molar-refractivity contribution is 6.03. The summed E-state index contributed by atoms with van der Waals surface area (Å²) in [6.07, 6.45) is 3.31. The first-order valence-electron chi connectivity index (χ1n) is 11.7. The van der Waals surface area contributed by atoms with Gasteiger partial charge < -0.3 is 29.1 Å². The van der Waals surface area contributed by atoms with Crippen molar-refractivity contribution in [1.82, 2.24) is 24.3 Å². The van der Waals surface area contributed by atoms with Crippen molar-refractivity contribution in [3.05, 3.63) is 80.3 Å². The number of aryl methyl sites for hydroxylation is 4. The van der Waals surface area contributed by atoms with E-state index >= 15 is 0 Å². The first-order valence-corrected chi connectivity index (χ1v) is 11.7. The molecule has 0 unspecified atom stereocenters. The van der Waals surface area contributed by atoms with Crippen LogP contribution in [0.15, 0.2) is 52.3 Å². The van der Waals surface area contributed by atoms with Crippen LogP contribution in [0, 0.1) is 13.8 Å². The van der Waals surface area contributed by atoms with E-state index in [0.717, 1.165) is 11.1 Å². The van der Waals surface area contributed by atoms with E-state index in [1.54, 1.807) is 32.6 Å². The van der Waals surface area contributed by atoms with Crippen LogP contribution < -0.4 is 21.2 Å². The summed E-state index contributed by atoms with van der Waals surface area (Å²) in [5, 5.41) is 3.40. The van der Waals surface area contributed by atoms with Gasteiger partial charge in [-0.25, -0.2) is 0 Å². The summed E-state index contributed by atoms with van der Waals surface area (Å²) in [6, 6.07) is 9.02. The van der Waals surface area contributed by atoms with E-state index < -0.39 is 0 Å². The third-order valence-electron chi connectivity index (χ3n) is 6.16. The zero-order valence-corrected chi connectivity index (χ0v) is 21.4. The van der Waals surface area contributed by atoms with Crippen LogP contribution in [0.1, 0.15) is 21.6 Å². The van der Waals surface area contributed by atoms with Gasteiger partial charge in [0.25, 0.3) is 17.0 Å². The van der Waals surface area contributed by atoms with Crippen molar-refractivity contribution >= 4 is 16.8 Å². The largest absolute Gasteiger partial charge is 0.455 e. The molecule has 1 amide bonds. The summed E-state index contributed by atoms with van der Waals surface area (Å²) in [4.78, 5) is 43.3. The lowest BCUT2D eigenvalue weighted by Gasteiger charge is -2.17. The number of H-pyrrole nitrogens is 1. The molecule has 9 heteroatoms. The molecule has 2 N–H and O–H groups in total. The van der Waals surface area contributed by atoms with Crippen LogP contribution in [0.5, 0.6) is 11.5 Å². The van der Waals surface area contributed by atoms with E-state index in [-0.39, 0.29) is 28.2 Å². The molecule has 4 aromatic rings. The topological polar surface area (TPSA) is 101 Å². The number of carbonyl (C=O) groups excluding carboxylic acids is 1. The molecule has 1 aromatic carbocycles. The summed E-state index contributed by atoms with van der Waals surface area (Å²) >= 11 is 0. The predicted octanol–water partition coefficient (Wildman–Crippen LogP) is 2.93. The molecular weight excluding hydrogens is 458 g/mol. The quantitative estimate of drug-likeness (QED) is 0.416. The van der Waals surface area contributed by atoms with E-state index in [4.69, 9.17) is 4.74 Å². The van der Waals surface area contributed by atoms with E-state index in [1.165, 1.54) is 15.2 Å². The Morgan fingerprint density at radius 2 is 1.72 bits per heavy atom. The summed E-state index contributed by atoms with van der Waals surface area (Å²) in [7, 11) is 7.14. The van der Waals surface area contributed by atoms with Crippen LogP contribution in [0.4, 0.5) is 0 Å². The van der Waals surface area contributed by atoms with Gasteiger partial charge in [0.1, 0.15) is 17.0 Å². The molecule has 0 aliphatic rings. The number of carbonyl (C=O) groups is 1. The predicted molar refractivity (Wildman–Crippen MR) is 141 cm³/mol. The van der Waals surface area contributed by atoms with Gasteiger partial charge in [-0.3, -0.25) is 14.4 Å². The summed E-state index contributed by atoms with van der Waals surface area (Å²) in [6.45, 7) is 5.07. The number of pyridine rings is 2. The number of nitrogens with zero attached hydrogens (tertiary/aromatic N) is 3. The molecule has 0 bridgehead atoms. The Labute approximate surface area is 208 Å². The summed E-state index contributed by atoms with van der Waals surface area (Å²) < 4.78 is 9.25. The monoisotopic (exact) mass is 489 g/mol. The highest BCUT2D eigenvalue weighted by Gasteiger charge is 2.20. The van der Waals surface area contributed by atoms with Crippen molar-refractivity contribution < 1.29 is 9.53 Å². The Balaban J connectivity index is 1.88. The van der Waals surface area contributed by atoms with Gasteiger partial charge in [-0.2, -0.15) is 0 Å². The van der Waals surface area contributed by atoms with Crippen molar-refractivity contribution in [1.29, 1.82) is 0 Å². The molecule has 0 saturated carbocycles. The fourth-order valence-electron chi connectivity index (χ4n) is 4.13. The lowest BCUT2D eigenvalue weighted by molar-refractivity contribution is 0.0947. The fraction of sp³-hybridized carbons (Fsp3) is 0.296. The van der Waals surface area contributed by atoms with Gasteiger partial charge in [-0.1, -0.05) is 18.2 Å². The Kier molecular flexibility index (Phi) is 6.85. The lowest BCUT2D eigenvalue weighted by Crippen LogP contribution is -2.31. The summed E-state index contributed by atoms with van der Waals surface area (Å²) in [5.41, 5.74) is 3.10. The van der Waals surface area contributed by atoms with Crippen molar-refractivity contribution in [3.8, 4) is 22.6 Å². The molecule has 4 rings (SSSR count). The Morgan fingerprint density at radius 1 is 1.03 bits per heavy atom. The number of fused-ring (bicyclic) bond motifs is 1. The second-order valence-electron chi connectivity index (χ2n) is 9.31. The molecule has 0 atom stereocenters. The Morgan fingerprint density at radius 3 is 2.39 bits per heavy atom. The number of aromatic nitrogens is 3. The minimum atomic E-state index is -0.308. The number of para-hydroxylation sites is 1. The van der Waals surface area contributed by atoms with Crippen LogP contribution in [0.25, 0.3) is 22.0 Å².